The molecule has 2 heterocycles. The van der Waals surface area contributed by atoms with Crippen molar-refractivity contribution in [3.8, 4) is 0 Å². The summed E-state index contributed by atoms with van der Waals surface area (Å²) >= 11 is 7.70. The average Bonchev–Trinajstić information content (AvgIpc) is 2.79. The first-order valence-electron chi connectivity index (χ1n) is 5.72. The molecule has 0 bridgehead atoms. The Morgan fingerprint density at radius 2 is 2.05 bits per heavy atom. The number of benzene rings is 1. The first-order chi connectivity index (χ1) is 9.15. The maximum Gasteiger partial charge on any atom is 0.223 e. The van der Waals surface area contributed by atoms with E-state index in [0.29, 0.717) is 11.5 Å². The first-order valence-corrected chi connectivity index (χ1v) is 7.08. The predicted molar refractivity (Wildman–Crippen MR) is 79.4 cm³/mol. The van der Waals surface area contributed by atoms with Gasteiger partial charge in [-0.1, -0.05) is 29.8 Å². The number of hydrogen-bond acceptors (Lipinski definition) is 6. The van der Waals surface area contributed by atoms with Gasteiger partial charge in [0.05, 0.1) is 6.04 Å². The van der Waals surface area contributed by atoms with Crippen molar-refractivity contribution in [3.63, 3.8) is 0 Å². The third-order valence-corrected chi connectivity index (χ3v) is 4.40. The van der Waals surface area contributed by atoms with Crippen LogP contribution in [0.5, 0.6) is 0 Å². The van der Waals surface area contributed by atoms with Gasteiger partial charge in [0.25, 0.3) is 0 Å². The van der Waals surface area contributed by atoms with E-state index in [0.717, 1.165) is 5.75 Å². The molecule has 5 N–H and O–H groups in total. The molecule has 0 saturated heterocycles. The Morgan fingerprint density at radius 1 is 1.26 bits per heavy atom. The van der Waals surface area contributed by atoms with Crippen molar-refractivity contribution in [2.75, 3.05) is 22.5 Å². The second kappa shape index (κ2) is 4.79. The molecule has 0 aliphatic carbocycles. The van der Waals surface area contributed by atoms with Crippen LogP contribution in [0.25, 0.3) is 0 Å². The Labute approximate surface area is 119 Å². The summed E-state index contributed by atoms with van der Waals surface area (Å²) in [5.74, 6) is 1.51. The second-order valence-electron chi connectivity index (χ2n) is 4.18. The van der Waals surface area contributed by atoms with Crippen LogP contribution in [-0.4, -0.2) is 15.7 Å². The van der Waals surface area contributed by atoms with Crippen molar-refractivity contribution in [1.82, 2.24) is 9.97 Å². The van der Waals surface area contributed by atoms with Gasteiger partial charge in [-0.25, -0.2) is 0 Å². The zero-order chi connectivity index (χ0) is 13.4. The Kier molecular flexibility index (Phi) is 3.12. The number of fused-ring (bicyclic) bond motifs is 1. The fourth-order valence-corrected chi connectivity index (χ4v) is 3.35. The number of hydrogen-bond donors (Lipinski definition) is 3. The normalized spacial score (nSPS) is 17.2. The summed E-state index contributed by atoms with van der Waals surface area (Å²) < 4.78 is 0. The van der Waals surface area contributed by atoms with Gasteiger partial charge >= 0.3 is 0 Å². The fraction of sp³-hybridized carbons (Fsp3) is 0.167. The lowest BCUT2D eigenvalue weighted by atomic mass is 10.1. The van der Waals surface area contributed by atoms with Crippen LogP contribution >= 0.6 is 23.4 Å². The van der Waals surface area contributed by atoms with Crippen LogP contribution in [0.1, 0.15) is 11.6 Å². The summed E-state index contributed by atoms with van der Waals surface area (Å²) in [4.78, 5) is 9.19. The number of nitrogens with two attached hydrogens (primary N) is 2. The smallest absolute Gasteiger partial charge is 0.223 e. The number of thioether (sulfide) groups is 1. The summed E-state index contributed by atoms with van der Waals surface area (Å²) in [7, 11) is 0. The molecule has 0 spiro atoms. The van der Waals surface area contributed by atoms with E-state index >= 15 is 0 Å². The molecule has 0 amide bonds. The van der Waals surface area contributed by atoms with Crippen molar-refractivity contribution in [2.45, 2.75) is 10.9 Å². The lowest BCUT2D eigenvalue weighted by molar-refractivity contribution is 0.889. The van der Waals surface area contributed by atoms with Crippen molar-refractivity contribution >= 4 is 40.8 Å². The third kappa shape index (κ3) is 2.29. The molecule has 19 heavy (non-hydrogen) atoms. The van der Waals surface area contributed by atoms with Crippen LogP contribution < -0.4 is 16.8 Å². The number of nitrogen functional groups attached to an aromatic ring is 2. The molecule has 1 atom stereocenters. The van der Waals surface area contributed by atoms with Crippen LogP contribution in [0, 0.1) is 0 Å². The Hall–Kier alpha value is -1.66. The van der Waals surface area contributed by atoms with Gasteiger partial charge in [-0.15, -0.1) is 11.8 Å². The number of anilines is 3. The minimum absolute atomic E-state index is 0.112. The number of nitrogens with one attached hydrogen (secondary N) is 1. The minimum Gasteiger partial charge on any atom is -0.393 e. The van der Waals surface area contributed by atoms with Gasteiger partial charge < -0.3 is 16.8 Å². The zero-order valence-electron chi connectivity index (χ0n) is 9.93. The molecule has 98 valence electrons. The van der Waals surface area contributed by atoms with E-state index < -0.39 is 0 Å². The summed E-state index contributed by atoms with van der Waals surface area (Å²) in [5, 5.41) is 3.46. The van der Waals surface area contributed by atoms with Gasteiger partial charge in [-0.3, -0.25) is 0 Å². The van der Waals surface area contributed by atoms with Crippen molar-refractivity contribution in [2.24, 2.45) is 0 Å². The molecule has 1 aromatic heterocycles. The summed E-state index contributed by atoms with van der Waals surface area (Å²) in [6.07, 6.45) is 0. The molecule has 2 aromatic rings. The number of halogens is 1. The molecule has 1 unspecified atom stereocenters. The van der Waals surface area contributed by atoms with Gasteiger partial charge in [0, 0.05) is 10.6 Å². The Balaban J connectivity index is 1.92. The molecule has 0 radical (unpaired) electrons. The van der Waals surface area contributed by atoms with Gasteiger partial charge in [-0.2, -0.15) is 9.97 Å². The van der Waals surface area contributed by atoms with Gasteiger partial charge in [0.1, 0.15) is 5.69 Å². The molecule has 7 heteroatoms. The third-order valence-electron chi connectivity index (χ3n) is 2.93. The van der Waals surface area contributed by atoms with Crippen molar-refractivity contribution in [1.29, 1.82) is 0 Å². The summed E-state index contributed by atoms with van der Waals surface area (Å²) in [6, 6.07) is 8.39. The molecule has 0 fully saturated rings. The predicted octanol–water partition coefficient (Wildman–Crippen LogP) is 2.55. The molecule has 0 saturated carbocycles. The Morgan fingerprint density at radius 3 is 2.89 bits per heavy atom. The van der Waals surface area contributed by atoms with Crippen molar-refractivity contribution < 1.29 is 0 Å². The summed E-state index contributed by atoms with van der Waals surface area (Å²) in [5.41, 5.74) is 13.0. The van der Waals surface area contributed by atoms with Gasteiger partial charge in [0.2, 0.25) is 5.95 Å². The number of rotatable bonds is 2. The Bertz CT molecular complexity index is 634. The first kappa shape index (κ1) is 12.4. The van der Waals surface area contributed by atoms with Crippen LogP contribution in [0.2, 0.25) is 5.15 Å². The molecule has 1 aliphatic heterocycles. The zero-order valence-corrected chi connectivity index (χ0v) is 11.5. The molecule has 1 aromatic carbocycles. The fourth-order valence-electron chi connectivity index (χ4n) is 2.02. The highest BCUT2D eigenvalue weighted by Crippen LogP contribution is 2.40. The topological polar surface area (TPSA) is 89.8 Å². The number of aromatic nitrogens is 2. The average molecular weight is 294 g/mol. The minimum atomic E-state index is 0.112. The summed E-state index contributed by atoms with van der Waals surface area (Å²) in [6.45, 7) is 0. The van der Waals surface area contributed by atoms with E-state index in [9.17, 15) is 0 Å². The quantitative estimate of drug-likeness (QED) is 0.737. The van der Waals surface area contributed by atoms with Crippen LogP contribution in [0.4, 0.5) is 17.5 Å². The van der Waals surface area contributed by atoms with E-state index in [1.165, 1.54) is 10.5 Å². The molecule has 5 nitrogen and oxygen atoms in total. The van der Waals surface area contributed by atoms with Gasteiger partial charge in [-0.05, 0) is 11.6 Å². The highest BCUT2D eigenvalue weighted by atomic mass is 35.5. The molecule has 1 aliphatic rings. The van der Waals surface area contributed by atoms with E-state index in [4.69, 9.17) is 23.1 Å². The highest BCUT2D eigenvalue weighted by molar-refractivity contribution is 7.99. The van der Waals surface area contributed by atoms with E-state index in [-0.39, 0.29) is 17.1 Å². The van der Waals surface area contributed by atoms with Crippen LogP contribution in [0.15, 0.2) is 29.2 Å². The van der Waals surface area contributed by atoms with Crippen molar-refractivity contribution in [3.05, 3.63) is 35.0 Å². The molecular formula is C12H12ClN5S. The second-order valence-corrected chi connectivity index (χ2v) is 5.60. The van der Waals surface area contributed by atoms with E-state index in [1.807, 2.05) is 12.1 Å². The van der Waals surface area contributed by atoms with E-state index in [2.05, 4.69) is 27.4 Å². The highest BCUT2D eigenvalue weighted by Gasteiger charge is 2.24. The lowest BCUT2D eigenvalue weighted by Crippen LogP contribution is -2.14. The van der Waals surface area contributed by atoms with Crippen LogP contribution in [0.3, 0.4) is 0 Å². The SMILES string of the molecule is Nc1nc(Cl)c(N)c(NC2CSc3ccccc32)n1. The number of nitrogens with zero attached hydrogens (tertiary/aromatic N) is 2. The molecule has 3 rings (SSSR count). The maximum atomic E-state index is 5.90. The lowest BCUT2D eigenvalue weighted by Gasteiger charge is -2.16. The maximum absolute atomic E-state index is 5.90. The molecular weight excluding hydrogens is 282 g/mol. The van der Waals surface area contributed by atoms with E-state index in [1.54, 1.807) is 11.8 Å². The monoisotopic (exact) mass is 293 g/mol. The van der Waals surface area contributed by atoms with Crippen LogP contribution in [-0.2, 0) is 0 Å². The standard InChI is InChI=1S/C12H12ClN5S/c13-10-9(14)11(18-12(15)17-10)16-7-5-19-8-4-2-1-3-6(7)8/h1-4,7H,5,14H2,(H3,15,16,17,18). The van der Waals surface area contributed by atoms with Gasteiger partial charge in [0.15, 0.2) is 11.0 Å². The largest absolute Gasteiger partial charge is 0.393 e.